The number of hydrogen-bond acceptors (Lipinski definition) is 10. The molecule has 10 heteroatoms. The van der Waals surface area contributed by atoms with Gasteiger partial charge in [0.25, 0.3) is 0 Å². The Balaban J connectivity index is 2.07. The van der Waals surface area contributed by atoms with E-state index in [1.165, 1.54) is 0 Å². The first-order valence-corrected chi connectivity index (χ1v) is 6.97. The van der Waals surface area contributed by atoms with Gasteiger partial charge in [0.15, 0.2) is 12.6 Å². The van der Waals surface area contributed by atoms with Crippen LogP contribution in [0.25, 0.3) is 0 Å². The molecule has 7 N–H and O–H groups in total. The molecule has 0 amide bonds. The number of aliphatic hydroxyl groups excluding tert-OH is 7. The SMILES string of the molecule is OCC1O[C@@H](O[C@H]2C(O)C[C@H](O)O[C@H]2CO)C(O)[C@@H](O)[C@@H]1O. The molecule has 2 fully saturated rings. The average Bonchev–Trinajstić information content (AvgIpc) is 2.49. The molecule has 3 unspecified atom stereocenters. The lowest BCUT2D eigenvalue weighted by atomic mass is 9.98. The molecular formula is C12H22O10. The van der Waals surface area contributed by atoms with E-state index in [9.17, 15) is 30.6 Å². The standard InChI is InChI=1S/C12H22O10/c13-2-5-8(17)9(18)10(19)12(21-5)22-11-4(15)1-7(16)20-6(11)3-14/h4-19H,1-3H2/t4?,5?,6-,7+,8+,9-,10?,11-,12-/m0/s1. The Hall–Kier alpha value is -0.400. The third-order valence-corrected chi connectivity index (χ3v) is 3.84. The summed E-state index contributed by atoms with van der Waals surface area (Å²) in [4.78, 5) is 0. The van der Waals surface area contributed by atoms with Crippen molar-refractivity contribution in [2.75, 3.05) is 13.2 Å². The molecule has 2 aliphatic rings. The van der Waals surface area contributed by atoms with Crippen LogP contribution in [0.1, 0.15) is 6.42 Å². The summed E-state index contributed by atoms with van der Waals surface area (Å²) in [6.07, 6.45) is -12.2. The summed E-state index contributed by atoms with van der Waals surface area (Å²) in [6, 6.07) is 0. The summed E-state index contributed by atoms with van der Waals surface area (Å²) in [5.41, 5.74) is 0. The van der Waals surface area contributed by atoms with Crippen LogP contribution in [0.2, 0.25) is 0 Å². The van der Waals surface area contributed by atoms with Crippen LogP contribution in [0.15, 0.2) is 0 Å². The zero-order valence-corrected chi connectivity index (χ0v) is 11.7. The molecule has 10 nitrogen and oxygen atoms in total. The predicted molar refractivity (Wildman–Crippen MR) is 67.2 cm³/mol. The highest BCUT2D eigenvalue weighted by Gasteiger charge is 2.47. The Kier molecular flexibility index (Phi) is 6.07. The molecule has 2 rings (SSSR count). The quantitative estimate of drug-likeness (QED) is 0.268. The summed E-state index contributed by atoms with van der Waals surface area (Å²) < 4.78 is 15.5. The Labute approximate surface area is 126 Å². The summed E-state index contributed by atoms with van der Waals surface area (Å²) in [7, 11) is 0. The molecule has 22 heavy (non-hydrogen) atoms. The molecule has 0 aromatic heterocycles. The van der Waals surface area contributed by atoms with Crippen LogP contribution in [0.3, 0.4) is 0 Å². The van der Waals surface area contributed by atoms with E-state index in [1.54, 1.807) is 0 Å². The van der Waals surface area contributed by atoms with Gasteiger partial charge in [0.05, 0.1) is 19.3 Å². The first kappa shape index (κ1) is 17.9. The minimum Gasteiger partial charge on any atom is -0.394 e. The number of rotatable bonds is 4. The number of ether oxygens (including phenoxy) is 3. The summed E-state index contributed by atoms with van der Waals surface area (Å²) in [5, 5.41) is 66.8. The first-order valence-electron chi connectivity index (χ1n) is 6.97. The van der Waals surface area contributed by atoms with Gasteiger partial charge in [-0.2, -0.15) is 0 Å². The normalized spacial score (nSPS) is 50.0. The van der Waals surface area contributed by atoms with E-state index in [0.29, 0.717) is 0 Å². The molecule has 2 aliphatic heterocycles. The third kappa shape index (κ3) is 3.57. The summed E-state index contributed by atoms with van der Waals surface area (Å²) >= 11 is 0. The molecule has 0 saturated carbocycles. The van der Waals surface area contributed by atoms with Gasteiger partial charge in [-0.3, -0.25) is 0 Å². The highest BCUT2D eigenvalue weighted by molar-refractivity contribution is 4.91. The van der Waals surface area contributed by atoms with Crippen molar-refractivity contribution in [2.24, 2.45) is 0 Å². The van der Waals surface area contributed by atoms with Crippen molar-refractivity contribution in [1.82, 2.24) is 0 Å². The van der Waals surface area contributed by atoms with Crippen LogP contribution >= 0.6 is 0 Å². The maximum atomic E-state index is 9.92. The molecule has 0 aromatic carbocycles. The smallest absolute Gasteiger partial charge is 0.187 e. The largest absolute Gasteiger partial charge is 0.394 e. The number of aliphatic hydroxyl groups is 7. The number of hydrogen-bond donors (Lipinski definition) is 7. The van der Waals surface area contributed by atoms with Crippen molar-refractivity contribution >= 4 is 0 Å². The minimum absolute atomic E-state index is 0.168. The molecule has 0 aromatic rings. The Morgan fingerprint density at radius 3 is 2.05 bits per heavy atom. The van der Waals surface area contributed by atoms with Crippen molar-refractivity contribution in [1.29, 1.82) is 0 Å². The van der Waals surface area contributed by atoms with E-state index in [2.05, 4.69) is 0 Å². The van der Waals surface area contributed by atoms with E-state index < -0.39 is 68.5 Å². The van der Waals surface area contributed by atoms with E-state index in [4.69, 9.17) is 19.3 Å². The van der Waals surface area contributed by atoms with Gasteiger partial charge in [-0.25, -0.2) is 0 Å². The Bertz CT molecular complexity index is 353. The van der Waals surface area contributed by atoms with Gasteiger partial charge in [0, 0.05) is 6.42 Å². The molecule has 2 heterocycles. The average molecular weight is 326 g/mol. The van der Waals surface area contributed by atoms with Crippen molar-refractivity contribution in [3.63, 3.8) is 0 Å². The van der Waals surface area contributed by atoms with Crippen LogP contribution in [0.5, 0.6) is 0 Å². The second-order valence-electron chi connectivity index (χ2n) is 5.41. The predicted octanol–water partition coefficient (Wildman–Crippen LogP) is -4.37. The van der Waals surface area contributed by atoms with E-state index in [0.717, 1.165) is 0 Å². The van der Waals surface area contributed by atoms with Crippen molar-refractivity contribution < 1.29 is 50.0 Å². The van der Waals surface area contributed by atoms with Gasteiger partial charge in [-0.15, -0.1) is 0 Å². The second kappa shape index (κ2) is 7.45. The summed E-state index contributed by atoms with van der Waals surface area (Å²) in [6.45, 7) is -1.17. The van der Waals surface area contributed by atoms with Crippen LogP contribution in [0, 0.1) is 0 Å². The molecule has 0 aliphatic carbocycles. The topological polar surface area (TPSA) is 169 Å². The fraction of sp³-hybridized carbons (Fsp3) is 1.00. The van der Waals surface area contributed by atoms with Gasteiger partial charge in [0.1, 0.15) is 36.6 Å². The fourth-order valence-corrected chi connectivity index (χ4v) is 2.58. The van der Waals surface area contributed by atoms with Gasteiger partial charge in [0.2, 0.25) is 0 Å². The molecule has 2 saturated heterocycles. The van der Waals surface area contributed by atoms with Crippen LogP contribution in [-0.4, -0.2) is 104 Å². The monoisotopic (exact) mass is 326 g/mol. The molecule has 0 spiro atoms. The van der Waals surface area contributed by atoms with E-state index >= 15 is 0 Å². The Morgan fingerprint density at radius 2 is 1.45 bits per heavy atom. The third-order valence-electron chi connectivity index (χ3n) is 3.84. The zero-order valence-electron chi connectivity index (χ0n) is 11.7. The van der Waals surface area contributed by atoms with Crippen molar-refractivity contribution in [3.8, 4) is 0 Å². The highest BCUT2D eigenvalue weighted by atomic mass is 16.7. The zero-order chi connectivity index (χ0) is 16.4. The molecule has 0 bridgehead atoms. The Morgan fingerprint density at radius 1 is 0.818 bits per heavy atom. The summed E-state index contributed by atoms with van der Waals surface area (Å²) in [5.74, 6) is 0. The lowest BCUT2D eigenvalue weighted by Gasteiger charge is -2.44. The minimum atomic E-state index is -1.63. The second-order valence-corrected chi connectivity index (χ2v) is 5.41. The van der Waals surface area contributed by atoms with Gasteiger partial charge >= 0.3 is 0 Å². The van der Waals surface area contributed by atoms with Crippen molar-refractivity contribution in [3.05, 3.63) is 0 Å². The van der Waals surface area contributed by atoms with Crippen LogP contribution < -0.4 is 0 Å². The van der Waals surface area contributed by atoms with Gasteiger partial charge < -0.3 is 50.0 Å². The van der Waals surface area contributed by atoms with Crippen LogP contribution in [-0.2, 0) is 14.2 Å². The van der Waals surface area contributed by atoms with E-state index in [-0.39, 0.29) is 6.42 Å². The lowest BCUT2D eigenvalue weighted by Crippen LogP contribution is -2.62. The maximum Gasteiger partial charge on any atom is 0.187 e. The van der Waals surface area contributed by atoms with Crippen molar-refractivity contribution in [2.45, 2.75) is 61.7 Å². The van der Waals surface area contributed by atoms with Gasteiger partial charge in [-0.05, 0) is 0 Å². The van der Waals surface area contributed by atoms with Gasteiger partial charge in [-0.1, -0.05) is 0 Å². The molecule has 9 atom stereocenters. The molecule has 0 radical (unpaired) electrons. The van der Waals surface area contributed by atoms with Crippen LogP contribution in [0.4, 0.5) is 0 Å². The molecular weight excluding hydrogens is 304 g/mol. The highest BCUT2D eigenvalue weighted by Crippen LogP contribution is 2.28. The lowest BCUT2D eigenvalue weighted by molar-refractivity contribution is -0.342. The maximum absolute atomic E-state index is 9.92. The first-order chi connectivity index (χ1) is 10.4. The van der Waals surface area contributed by atoms with E-state index in [1.807, 2.05) is 0 Å². The molecule has 130 valence electrons. The fourth-order valence-electron chi connectivity index (χ4n) is 2.58.